The van der Waals surface area contributed by atoms with E-state index in [4.69, 9.17) is 22.7 Å². The summed E-state index contributed by atoms with van der Waals surface area (Å²) in [6.07, 6.45) is 1.35. The Morgan fingerprint density at radius 1 is 1.32 bits per heavy atom. The first-order chi connectivity index (χ1) is 9.13. The minimum absolute atomic E-state index is 0.0327. The lowest BCUT2D eigenvalue weighted by atomic mass is 10.1. The van der Waals surface area contributed by atoms with Crippen LogP contribution in [0.2, 0.25) is 0 Å². The number of methoxy groups -OCH3 is 1. The molecule has 1 amide bonds. The Kier molecular flexibility index (Phi) is 7.07. The predicted octanol–water partition coefficient (Wildman–Crippen LogP) is 1.38. The zero-order chi connectivity index (χ0) is 14.1. The van der Waals surface area contributed by atoms with Gasteiger partial charge in [0.1, 0.15) is 6.61 Å². The highest BCUT2D eigenvalue weighted by Gasteiger charge is 2.13. The molecule has 0 aliphatic heterocycles. The molecule has 0 bridgehead atoms. The number of carbonyl (C=O) groups excluding carboxylic acids is 1. The van der Waals surface area contributed by atoms with E-state index < -0.39 is 0 Å². The van der Waals surface area contributed by atoms with Gasteiger partial charge in [0.05, 0.1) is 4.99 Å². The minimum atomic E-state index is -0.0327. The molecule has 0 aliphatic carbocycles. The van der Waals surface area contributed by atoms with Crippen LogP contribution >= 0.6 is 12.2 Å². The van der Waals surface area contributed by atoms with Crippen molar-refractivity contribution >= 4 is 23.1 Å². The predicted molar refractivity (Wildman–Crippen MR) is 80.0 cm³/mol. The lowest BCUT2D eigenvalue weighted by Crippen LogP contribution is -2.37. The Bertz CT molecular complexity index is 409. The fourth-order valence-electron chi connectivity index (χ4n) is 1.73. The second kappa shape index (κ2) is 8.61. The summed E-state index contributed by atoms with van der Waals surface area (Å²) in [5.74, 6) is -0.0327. The first kappa shape index (κ1) is 15.6. The molecule has 0 aromatic heterocycles. The molecule has 0 unspecified atom stereocenters. The van der Waals surface area contributed by atoms with E-state index in [9.17, 15) is 4.79 Å². The van der Waals surface area contributed by atoms with Crippen LogP contribution in [-0.2, 0) is 16.0 Å². The number of hydrogen-bond donors (Lipinski definition) is 1. The van der Waals surface area contributed by atoms with Crippen molar-refractivity contribution in [3.05, 3.63) is 35.9 Å². The van der Waals surface area contributed by atoms with Crippen molar-refractivity contribution in [3.63, 3.8) is 0 Å². The van der Waals surface area contributed by atoms with E-state index in [-0.39, 0.29) is 12.5 Å². The molecule has 0 saturated carbocycles. The summed E-state index contributed by atoms with van der Waals surface area (Å²) in [5, 5.41) is 0. The highest BCUT2D eigenvalue weighted by atomic mass is 32.1. The van der Waals surface area contributed by atoms with Gasteiger partial charge in [-0.05, 0) is 12.0 Å². The van der Waals surface area contributed by atoms with Crippen molar-refractivity contribution in [1.29, 1.82) is 0 Å². The van der Waals surface area contributed by atoms with Gasteiger partial charge in [-0.25, -0.2) is 0 Å². The molecule has 0 radical (unpaired) electrons. The molecule has 0 heterocycles. The molecule has 104 valence electrons. The third kappa shape index (κ3) is 6.31. The molecule has 0 atom stereocenters. The van der Waals surface area contributed by atoms with E-state index in [1.165, 1.54) is 12.7 Å². The molecule has 1 rings (SSSR count). The van der Waals surface area contributed by atoms with Gasteiger partial charge < -0.3 is 15.4 Å². The maximum atomic E-state index is 11.9. The number of thiocarbonyl (C=S) groups is 1. The van der Waals surface area contributed by atoms with Crippen LogP contribution in [0.1, 0.15) is 12.0 Å². The van der Waals surface area contributed by atoms with E-state index in [0.29, 0.717) is 24.5 Å². The average Bonchev–Trinajstić information content (AvgIpc) is 2.40. The van der Waals surface area contributed by atoms with Crippen molar-refractivity contribution in [2.45, 2.75) is 12.8 Å². The highest BCUT2D eigenvalue weighted by molar-refractivity contribution is 7.80. The minimum Gasteiger partial charge on any atom is -0.393 e. The summed E-state index contributed by atoms with van der Waals surface area (Å²) in [5.41, 5.74) is 6.69. The van der Waals surface area contributed by atoms with Gasteiger partial charge in [-0.3, -0.25) is 4.79 Å². The summed E-state index contributed by atoms with van der Waals surface area (Å²) < 4.78 is 4.89. The summed E-state index contributed by atoms with van der Waals surface area (Å²) in [7, 11) is 1.51. The van der Waals surface area contributed by atoms with E-state index in [2.05, 4.69) is 0 Å². The van der Waals surface area contributed by atoms with Crippen LogP contribution in [-0.4, -0.2) is 42.6 Å². The van der Waals surface area contributed by atoms with Crippen LogP contribution in [0.5, 0.6) is 0 Å². The topological polar surface area (TPSA) is 55.6 Å². The van der Waals surface area contributed by atoms with Crippen LogP contribution in [0, 0.1) is 0 Å². The summed E-state index contributed by atoms with van der Waals surface area (Å²) >= 11 is 4.85. The van der Waals surface area contributed by atoms with E-state index in [1.807, 2.05) is 30.3 Å². The molecule has 0 spiro atoms. The smallest absolute Gasteiger partial charge is 0.248 e. The first-order valence-electron chi connectivity index (χ1n) is 6.22. The van der Waals surface area contributed by atoms with Gasteiger partial charge in [0, 0.05) is 26.6 Å². The molecule has 0 saturated heterocycles. The van der Waals surface area contributed by atoms with Crippen LogP contribution < -0.4 is 5.73 Å². The fourth-order valence-corrected chi connectivity index (χ4v) is 1.82. The van der Waals surface area contributed by atoms with Crippen molar-refractivity contribution in [2.24, 2.45) is 5.73 Å². The van der Waals surface area contributed by atoms with Crippen LogP contribution in [0.25, 0.3) is 0 Å². The standard InChI is InChI=1S/C14H20N2O2S/c1-18-11-14(17)16(10-8-13(15)19)9-7-12-5-3-2-4-6-12/h2-6H,7-11H2,1H3,(H2,15,19). The van der Waals surface area contributed by atoms with Crippen molar-refractivity contribution < 1.29 is 9.53 Å². The summed E-state index contributed by atoms with van der Waals surface area (Å²) in [6, 6.07) is 10.1. The largest absolute Gasteiger partial charge is 0.393 e. The van der Waals surface area contributed by atoms with Gasteiger partial charge in [-0.1, -0.05) is 42.5 Å². The number of rotatable bonds is 8. The van der Waals surface area contributed by atoms with Crippen LogP contribution in [0.3, 0.4) is 0 Å². The van der Waals surface area contributed by atoms with Gasteiger partial charge in [0.25, 0.3) is 0 Å². The van der Waals surface area contributed by atoms with Crippen LogP contribution in [0.15, 0.2) is 30.3 Å². The van der Waals surface area contributed by atoms with E-state index >= 15 is 0 Å². The zero-order valence-electron chi connectivity index (χ0n) is 11.2. The molecule has 5 heteroatoms. The van der Waals surface area contributed by atoms with Gasteiger partial charge in [-0.15, -0.1) is 0 Å². The van der Waals surface area contributed by atoms with Crippen molar-refractivity contribution in [3.8, 4) is 0 Å². The molecule has 4 nitrogen and oxygen atoms in total. The van der Waals surface area contributed by atoms with E-state index in [0.717, 1.165) is 6.42 Å². The number of carbonyl (C=O) groups is 1. The van der Waals surface area contributed by atoms with Gasteiger partial charge in [-0.2, -0.15) is 0 Å². The summed E-state index contributed by atoms with van der Waals surface area (Å²) in [4.78, 5) is 14.1. The molecular weight excluding hydrogens is 260 g/mol. The van der Waals surface area contributed by atoms with Crippen molar-refractivity contribution in [2.75, 3.05) is 26.8 Å². The Morgan fingerprint density at radius 2 is 2.00 bits per heavy atom. The molecule has 0 fully saturated rings. The van der Waals surface area contributed by atoms with Crippen LogP contribution in [0.4, 0.5) is 0 Å². The Morgan fingerprint density at radius 3 is 2.58 bits per heavy atom. The van der Waals surface area contributed by atoms with E-state index in [1.54, 1.807) is 4.90 Å². The highest BCUT2D eigenvalue weighted by Crippen LogP contribution is 2.03. The number of amides is 1. The fraction of sp³-hybridized carbons (Fsp3) is 0.429. The molecular formula is C14H20N2O2S. The third-order valence-corrected chi connectivity index (χ3v) is 2.97. The number of ether oxygens (including phenoxy) is 1. The zero-order valence-corrected chi connectivity index (χ0v) is 12.0. The first-order valence-corrected chi connectivity index (χ1v) is 6.63. The van der Waals surface area contributed by atoms with Gasteiger partial charge in [0.15, 0.2) is 0 Å². The lowest BCUT2D eigenvalue weighted by molar-refractivity contribution is -0.135. The number of hydrogen-bond acceptors (Lipinski definition) is 3. The number of nitrogens with two attached hydrogens (primary N) is 1. The molecule has 1 aromatic carbocycles. The monoisotopic (exact) mass is 280 g/mol. The third-order valence-electron chi connectivity index (χ3n) is 2.76. The Balaban J connectivity index is 2.52. The average molecular weight is 280 g/mol. The lowest BCUT2D eigenvalue weighted by Gasteiger charge is -2.22. The SMILES string of the molecule is COCC(=O)N(CCC(N)=S)CCc1ccccc1. The Hall–Kier alpha value is -1.46. The van der Waals surface area contributed by atoms with Gasteiger partial charge >= 0.3 is 0 Å². The second-order valence-electron chi connectivity index (χ2n) is 4.27. The quantitative estimate of drug-likeness (QED) is 0.731. The van der Waals surface area contributed by atoms with Gasteiger partial charge in [0.2, 0.25) is 5.91 Å². The van der Waals surface area contributed by atoms with Crippen molar-refractivity contribution in [1.82, 2.24) is 4.90 Å². The maximum absolute atomic E-state index is 11.9. The molecule has 0 aliphatic rings. The second-order valence-corrected chi connectivity index (χ2v) is 4.79. The number of benzene rings is 1. The molecule has 19 heavy (non-hydrogen) atoms. The molecule has 1 aromatic rings. The molecule has 2 N–H and O–H groups in total. The number of nitrogens with zero attached hydrogens (tertiary/aromatic N) is 1. The summed E-state index contributed by atoms with van der Waals surface area (Å²) in [6.45, 7) is 1.28. The normalized spacial score (nSPS) is 10.2. The Labute approximate surface area is 119 Å². The maximum Gasteiger partial charge on any atom is 0.248 e.